The second-order valence-corrected chi connectivity index (χ2v) is 3.33. The maximum Gasteiger partial charge on any atom is 0.320 e. The fourth-order valence-electron chi connectivity index (χ4n) is 1.44. The number of carboxylic acids is 1. The molecule has 3 atom stereocenters. The quantitative estimate of drug-likeness (QED) is 0.646. The lowest BCUT2D eigenvalue weighted by molar-refractivity contribution is -0.139. The van der Waals surface area contributed by atoms with E-state index >= 15 is 0 Å². The molecule has 0 amide bonds. The molecule has 0 spiro atoms. The van der Waals surface area contributed by atoms with Crippen LogP contribution in [-0.2, 0) is 9.53 Å². The summed E-state index contributed by atoms with van der Waals surface area (Å²) in [6.45, 7) is 1.99. The van der Waals surface area contributed by atoms with Gasteiger partial charge >= 0.3 is 5.97 Å². The van der Waals surface area contributed by atoms with Crippen molar-refractivity contribution in [3.63, 3.8) is 0 Å². The van der Waals surface area contributed by atoms with Crippen LogP contribution in [-0.4, -0.2) is 29.3 Å². The Balaban J connectivity index is 2.27. The molecule has 3 N–H and O–H groups in total. The lowest BCUT2D eigenvalue weighted by atomic mass is 10.1. The molecule has 1 aliphatic rings. The molecular formula is C8H15NO3. The van der Waals surface area contributed by atoms with Gasteiger partial charge in [0.2, 0.25) is 0 Å². The van der Waals surface area contributed by atoms with Gasteiger partial charge in [-0.3, -0.25) is 4.79 Å². The van der Waals surface area contributed by atoms with Crippen LogP contribution in [0.1, 0.15) is 26.2 Å². The number of carbonyl (C=O) groups is 1. The second-order valence-electron chi connectivity index (χ2n) is 3.33. The van der Waals surface area contributed by atoms with E-state index in [-0.39, 0.29) is 12.2 Å². The predicted octanol–water partition coefficient (Wildman–Crippen LogP) is 0.356. The number of aliphatic carboxylic acids is 1. The fourth-order valence-corrected chi connectivity index (χ4v) is 1.44. The number of ether oxygens (including phenoxy) is 1. The Kier molecular flexibility index (Phi) is 3.05. The standard InChI is InChI=1S/C8H15NO3/c1-5-2-3-6(12-5)4-7(9)8(10)11/h5-7H,2-4,9H2,1H3,(H,10,11)/t5?,6?,7-/m1/s1. The van der Waals surface area contributed by atoms with Crippen molar-refractivity contribution in [1.82, 2.24) is 0 Å². The highest BCUT2D eigenvalue weighted by molar-refractivity contribution is 5.73. The minimum absolute atomic E-state index is 0.0473. The molecule has 1 saturated heterocycles. The lowest BCUT2D eigenvalue weighted by Gasteiger charge is -2.13. The third-order valence-corrected chi connectivity index (χ3v) is 2.15. The molecule has 0 aliphatic carbocycles. The molecule has 0 saturated carbocycles. The summed E-state index contributed by atoms with van der Waals surface area (Å²) in [6, 6.07) is -0.778. The van der Waals surface area contributed by atoms with Gasteiger partial charge in [0.15, 0.2) is 0 Å². The Labute approximate surface area is 71.7 Å². The van der Waals surface area contributed by atoms with Crippen LogP contribution in [0.2, 0.25) is 0 Å². The first-order chi connectivity index (χ1) is 5.59. The molecule has 12 heavy (non-hydrogen) atoms. The first kappa shape index (κ1) is 9.48. The zero-order valence-corrected chi connectivity index (χ0v) is 7.19. The molecule has 1 aliphatic heterocycles. The van der Waals surface area contributed by atoms with E-state index in [0.29, 0.717) is 6.42 Å². The summed E-state index contributed by atoms with van der Waals surface area (Å²) in [4.78, 5) is 10.4. The Hall–Kier alpha value is -0.610. The van der Waals surface area contributed by atoms with Crippen LogP contribution in [0.4, 0.5) is 0 Å². The van der Waals surface area contributed by atoms with Crippen molar-refractivity contribution in [3.8, 4) is 0 Å². The van der Waals surface area contributed by atoms with Crippen molar-refractivity contribution in [2.75, 3.05) is 0 Å². The molecule has 0 radical (unpaired) electrons. The summed E-state index contributed by atoms with van der Waals surface area (Å²) in [5.74, 6) is -0.946. The van der Waals surface area contributed by atoms with E-state index in [1.54, 1.807) is 0 Å². The highest BCUT2D eigenvalue weighted by atomic mass is 16.5. The van der Waals surface area contributed by atoms with Crippen molar-refractivity contribution in [3.05, 3.63) is 0 Å². The normalized spacial score (nSPS) is 31.8. The van der Waals surface area contributed by atoms with Crippen LogP contribution in [0.5, 0.6) is 0 Å². The van der Waals surface area contributed by atoms with Crippen molar-refractivity contribution < 1.29 is 14.6 Å². The number of rotatable bonds is 3. The van der Waals surface area contributed by atoms with E-state index in [9.17, 15) is 4.79 Å². The van der Waals surface area contributed by atoms with Crippen molar-refractivity contribution in [1.29, 1.82) is 0 Å². The minimum atomic E-state index is -0.946. The summed E-state index contributed by atoms with van der Waals surface area (Å²) >= 11 is 0. The van der Waals surface area contributed by atoms with E-state index in [4.69, 9.17) is 15.6 Å². The van der Waals surface area contributed by atoms with Crippen LogP contribution < -0.4 is 5.73 Å². The SMILES string of the molecule is CC1CCC(C[C@@H](N)C(=O)O)O1. The van der Waals surface area contributed by atoms with E-state index in [0.717, 1.165) is 12.8 Å². The largest absolute Gasteiger partial charge is 0.480 e. The smallest absolute Gasteiger partial charge is 0.320 e. The Morgan fingerprint density at radius 3 is 2.83 bits per heavy atom. The molecule has 1 heterocycles. The number of hydrogen-bond acceptors (Lipinski definition) is 3. The highest BCUT2D eigenvalue weighted by Crippen LogP contribution is 2.22. The first-order valence-corrected chi connectivity index (χ1v) is 4.23. The van der Waals surface area contributed by atoms with Crippen LogP contribution >= 0.6 is 0 Å². The van der Waals surface area contributed by atoms with E-state index < -0.39 is 12.0 Å². The molecular weight excluding hydrogens is 158 g/mol. The summed E-state index contributed by atoms with van der Waals surface area (Å²) < 4.78 is 5.44. The van der Waals surface area contributed by atoms with Crippen molar-refractivity contribution in [2.24, 2.45) is 5.73 Å². The predicted molar refractivity (Wildman–Crippen MR) is 43.8 cm³/mol. The van der Waals surface area contributed by atoms with Gasteiger partial charge in [0.25, 0.3) is 0 Å². The van der Waals surface area contributed by atoms with Gasteiger partial charge in [-0.15, -0.1) is 0 Å². The van der Waals surface area contributed by atoms with Crippen LogP contribution in [0.3, 0.4) is 0 Å². The molecule has 70 valence electrons. The summed E-state index contributed by atoms with van der Waals surface area (Å²) in [5.41, 5.74) is 5.36. The van der Waals surface area contributed by atoms with E-state index in [1.807, 2.05) is 6.92 Å². The molecule has 2 unspecified atom stereocenters. The van der Waals surface area contributed by atoms with Crippen LogP contribution in [0.15, 0.2) is 0 Å². The van der Waals surface area contributed by atoms with Crippen LogP contribution in [0.25, 0.3) is 0 Å². The zero-order chi connectivity index (χ0) is 9.14. The third kappa shape index (κ3) is 2.46. The maximum absolute atomic E-state index is 10.4. The second kappa shape index (κ2) is 3.87. The average Bonchev–Trinajstić information content (AvgIpc) is 2.35. The van der Waals surface area contributed by atoms with Gasteiger partial charge < -0.3 is 15.6 Å². The molecule has 1 rings (SSSR count). The van der Waals surface area contributed by atoms with E-state index in [1.165, 1.54) is 0 Å². The van der Waals surface area contributed by atoms with Crippen LogP contribution in [0, 0.1) is 0 Å². The average molecular weight is 173 g/mol. The van der Waals surface area contributed by atoms with Gasteiger partial charge in [0.1, 0.15) is 6.04 Å². The van der Waals surface area contributed by atoms with E-state index in [2.05, 4.69) is 0 Å². The number of hydrogen-bond donors (Lipinski definition) is 2. The Morgan fingerprint density at radius 1 is 1.75 bits per heavy atom. The summed E-state index contributed by atoms with van der Waals surface area (Å²) in [6.07, 6.45) is 2.68. The maximum atomic E-state index is 10.4. The number of carboxylic acid groups (broad SMARTS) is 1. The molecule has 1 fully saturated rings. The molecule has 4 heteroatoms. The van der Waals surface area contributed by atoms with Gasteiger partial charge in [-0.2, -0.15) is 0 Å². The molecule has 4 nitrogen and oxygen atoms in total. The van der Waals surface area contributed by atoms with Gasteiger partial charge in [-0.25, -0.2) is 0 Å². The summed E-state index contributed by atoms with van der Waals surface area (Å²) in [5, 5.41) is 8.53. The molecule has 0 aromatic carbocycles. The third-order valence-electron chi connectivity index (χ3n) is 2.15. The topological polar surface area (TPSA) is 72.6 Å². The first-order valence-electron chi connectivity index (χ1n) is 4.23. The van der Waals surface area contributed by atoms with Gasteiger partial charge in [0, 0.05) is 0 Å². The fraction of sp³-hybridized carbons (Fsp3) is 0.875. The summed E-state index contributed by atoms with van der Waals surface area (Å²) in [7, 11) is 0. The Bertz CT molecular complexity index is 172. The minimum Gasteiger partial charge on any atom is -0.480 e. The lowest BCUT2D eigenvalue weighted by Crippen LogP contribution is -2.34. The Morgan fingerprint density at radius 2 is 2.42 bits per heavy atom. The monoisotopic (exact) mass is 173 g/mol. The van der Waals surface area contributed by atoms with Gasteiger partial charge in [-0.05, 0) is 26.2 Å². The molecule has 0 aromatic rings. The zero-order valence-electron chi connectivity index (χ0n) is 7.19. The van der Waals surface area contributed by atoms with Gasteiger partial charge in [0.05, 0.1) is 12.2 Å². The van der Waals surface area contributed by atoms with Crippen molar-refractivity contribution >= 4 is 5.97 Å². The number of nitrogens with two attached hydrogens (primary N) is 1. The van der Waals surface area contributed by atoms with Gasteiger partial charge in [-0.1, -0.05) is 0 Å². The molecule has 0 bridgehead atoms. The highest BCUT2D eigenvalue weighted by Gasteiger charge is 2.25. The van der Waals surface area contributed by atoms with Crippen molar-refractivity contribution in [2.45, 2.75) is 44.4 Å². The molecule has 0 aromatic heterocycles.